The molecule has 0 aromatic heterocycles. The lowest BCUT2D eigenvalue weighted by Gasteiger charge is -2.29. The van der Waals surface area contributed by atoms with E-state index in [1.807, 2.05) is 35.2 Å². The van der Waals surface area contributed by atoms with Gasteiger partial charge in [0.1, 0.15) is 0 Å². The van der Waals surface area contributed by atoms with Crippen molar-refractivity contribution in [1.29, 1.82) is 0 Å². The Morgan fingerprint density at radius 1 is 0.857 bits per heavy atom. The Labute approximate surface area is 166 Å². The molecule has 1 amide bonds. The SMILES string of the molecule is COc1ccc(CCC(=O)N2CCc3cc(OC)c(OC)cc3C2)cc1OC. The molecule has 150 valence electrons. The summed E-state index contributed by atoms with van der Waals surface area (Å²) in [6, 6.07) is 9.75. The largest absolute Gasteiger partial charge is 0.493 e. The topological polar surface area (TPSA) is 57.2 Å². The van der Waals surface area contributed by atoms with Crippen molar-refractivity contribution < 1.29 is 23.7 Å². The van der Waals surface area contributed by atoms with Gasteiger partial charge in [-0.15, -0.1) is 0 Å². The van der Waals surface area contributed by atoms with Crippen LogP contribution in [-0.2, 0) is 24.2 Å². The standard InChI is InChI=1S/C22H27NO5/c1-25-18-7-5-15(11-19(18)26-2)6-8-22(24)23-10-9-16-12-20(27-3)21(28-4)13-17(16)14-23/h5,7,11-13H,6,8-10,14H2,1-4H3. The van der Waals surface area contributed by atoms with Crippen molar-refractivity contribution in [3.63, 3.8) is 0 Å². The predicted molar refractivity (Wildman–Crippen MR) is 107 cm³/mol. The number of ether oxygens (including phenoxy) is 4. The van der Waals surface area contributed by atoms with Crippen LogP contribution < -0.4 is 18.9 Å². The summed E-state index contributed by atoms with van der Waals surface area (Å²) in [5.41, 5.74) is 3.37. The van der Waals surface area contributed by atoms with E-state index in [-0.39, 0.29) is 5.91 Å². The number of nitrogens with zero attached hydrogens (tertiary/aromatic N) is 1. The van der Waals surface area contributed by atoms with Crippen LogP contribution >= 0.6 is 0 Å². The second kappa shape index (κ2) is 8.87. The Morgan fingerprint density at radius 3 is 2.11 bits per heavy atom. The summed E-state index contributed by atoms with van der Waals surface area (Å²) >= 11 is 0. The van der Waals surface area contributed by atoms with Crippen molar-refractivity contribution in [3.8, 4) is 23.0 Å². The fourth-order valence-corrected chi connectivity index (χ4v) is 3.54. The smallest absolute Gasteiger partial charge is 0.223 e. The van der Waals surface area contributed by atoms with E-state index in [0.29, 0.717) is 43.2 Å². The van der Waals surface area contributed by atoms with Crippen LogP contribution in [0.5, 0.6) is 23.0 Å². The third-order valence-electron chi connectivity index (χ3n) is 5.15. The number of benzene rings is 2. The van der Waals surface area contributed by atoms with E-state index < -0.39 is 0 Å². The van der Waals surface area contributed by atoms with Gasteiger partial charge in [-0.2, -0.15) is 0 Å². The van der Waals surface area contributed by atoms with Crippen LogP contribution in [0.1, 0.15) is 23.1 Å². The van der Waals surface area contributed by atoms with Gasteiger partial charge in [0.25, 0.3) is 0 Å². The molecule has 6 heteroatoms. The maximum Gasteiger partial charge on any atom is 0.223 e. The van der Waals surface area contributed by atoms with Gasteiger partial charge in [0.2, 0.25) is 5.91 Å². The third kappa shape index (κ3) is 4.16. The van der Waals surface area contributed by atoms with Gasteiger partial charge in [-0.05, 0) is 53.8 Å². The fraction of sp³-hybridized carbons (Fsp3) is 0.409. The van der Waals surface area contributed by atoms with Crippen molar-refractivity contribution in [1.82, 2.24) is 4.90 Å². The van der Waals surface area contributed by atoms with E-state index in [1.165, 1.54) is 5.56 Å². The maximum atomic E-state index is 12.8. The molecule has 1 aliphatic rings. The molecule has 2 aromatic carbocycles. The molecule has 0 radical (unpaired) electrons. The molecule has 0 N–H and O–H groups in total. The van der Waals surface area contributed by atoms with Crippen molar-refractivity contribution in [2.75, 3.05) is 35.0 Å². The van der Waals surface area contributed by atoms with Gasteiger partial charge in [0, 0.05) is 19.5 Å². The summed E-state index contributed by atoms with van der Waals surface area (Å²) in [7, 11) is 6.48. The number of methoxy groups -OCH3 is 4. The van der Waals surface area contributed by atoms with Crippen molar-refractivity contribution in [2.24, 2.45) is 0 Å². The van der Waals surface area contributed by atoms with Crippen molar-refractivity contribution >= 4 is 5.91 Å². The lowest BCUT2D eigenvalue weighted by atomic mass is 9.98. The van der Waals surface area contributed by atoms with Gasteiger partial charge >= 0.3 is 0 Å². The number of rotatable bonds is 7. The molecule has 2 aromatic rings. The minimum atomic E-state index is 0.148. The average molecular weight is 385 g/mol. The molecule has 0 saturated carbocycles. The van der Waals surface area contributed by atoms with Gasteiger partial charge in [-0.3, -0.25) is 4.79 Å². The van der Waals surface area contributed by atoms with E-state index >= 15 is 0 Å². The summed E-state index contributed by atoms with van der Waals surface area (Å²) in [5.74, 6) is 2.94. The van der Waals surface area contributed by atoms with Crippen LogP contribution in [0.15, 0.2) is 30.3 Å². The predicted octanol–water partition coefficient (Wildman–Crippen LogP) is 3.24. The van der Waals surface area contributed by atoms with Gasteiger partial charge < -0.3 is 23.8 Å². The zero-order valence-corrected chi connectivity index (χ0v) is 16.9. The van der Waals surface area contributed by atoms with E-state index in [9.17, 15) is 4.79 Å². The minimum absolute atomic E-state index is 0.148. The Balaban J connectivity index is 1.65. The van der Waals surface area contributed by atoms with E-state index in [2.05, 4.69) is 0 Å². The zero-order chi connectivity index (χ0) is 20.1. The van der Waals surface area contributed by atoms with Crippen LogP contribution in [0.4, 0.5) is 0 Å². The Bertz CT molecular complexity index is 849. The summed E-state index contributed by atoms with van der Waals surface area (Å²) in [5, 5.41) is 0. The highest BCUT2D eigenvalue weighted by Crippen LogP contribution is 2.33. The highest BCUT2D eigenvalue weighted by molar-refractivity contribution is 5.77. The number of carbonyl (C=O) groups excluding carboxylic acids is 1. The van der Waals surface area contributed by atoms with Crippen LogP contribution in [0.25, 0.3) is 0 Å². The molecule has 0 fully saturated rings. The monoisotopic (exact) mass is 385 g/mol. The molecule has 0 saturated heterocycles. The second-order valence-electron chi connectivity index (χ2n) is 6.73. The zero-order valence-electron chi connectivity index (χ0n) is 16.9. The van der Waals surface area contributed by atoms with E-state index in [1.54, 1.807) is 28.4 Å². The molecule has 1 aliphatic heterocycles. The highest BCUT2D eigenvalue weighted by Gasteiger charge is 2.22. The lowest BCUT2D eigenvalue weighted by Crippen LogP contribution is -2.36. The second-order valence-corrected chi connectivity index (χ2v) is 6.73. The molecule has 0 aliphatic carbocycles. The van der Waals surface area contributed by atoms with E-state index in [0.717, 1.165) is 23.3 Å². The molecule has 3 rings (SSSR count). The average Bonchev–Trinajstić information content (AvgIpc) is 2.75. The third-order valence-corrected chi connectivity index (χ3v) is 5.15. The first-order valence-electron chi connectivity index (χ1n) is 9.32. The summed E-state index contributed by atoms with van der Waals surface area (Å²) in [6.45, 7) is 1.31. The first-order chi connectivity index (χ1) is 13.6. The minimum Gasteiger partial charge on any atom is -0.493 e. The van der Waals surface area contributed by atoms with Gasteiger partial charge in [-0.25, -0.2) is 0 Å². The number of amides is 1. The molecule has 0 bridgehead atoms. The Hall–Kier alpha value is -2.89. The van der Waals surface area contributed by atoms with Crippen LogP contribution in [0.3, 0.4) is 0 Å². The molecule has 0 unspecified atom stereocenters. The molecule has 0 atom stereocenters. The number of fused-ring (bicyclic) bond motifs is 1. The van der Waals surface area contributed by atoms with Gasteiger partial charge in [-0.1, -0.05) is 6.07 Å². The normalized spacial score (nSPS) is 12.9. The summed E-state index contributed by atoms with van der Waals surface area (Å²) in [6.07, 6.45) is 1.93. The number of hydrogen-bond donors (Lipinski definition) is 0. The summed E-state index contributed by atoms with van der Waals surface area (Å²) in [4.78, 5) is 14.7. The first kappa shape index (κ1) is 19.9. The fourth-order valence-electron chi connectivity index (χ4n) is 3.54. The number of aryl methyl sites for hydroxylation is 1. The van der Waals surface area contributed by atoms with E-state index in [4.69, 9.17) is 18.9 Å². The first-order valence-corrected chi connectivity index (χ1v) is 9.32. The van der Waals surface area contributed by atoms with Crippen molar-refractivity contribution in [3.05, 3.63) is 47.0 Å². The quantitative estimate of drug-likeness (QED) is 0.732. The lowest BCUT2D eigenvalue weighted by molar-refractivity contribution is -0.132. The molecule has 6 nitrogen and oxygen atoms in total. The number of carbonyl (C=O) groups is 1. The highest BCUT2D eigenvalue weighted by atomic mass is 16.5. The van der Waals surface area contributed by atoms with Crippen LogP contribution in [-0.4, -0.2) is 45.8 Å². The molecular weight excluding hydrogens is 358 g/mol. The van der Waals surface area contributed by atoms with Crippen molar-refractivity contribution in [2.45, 2.75) is 25.8 Å². The Morgan fingerprint density at radius 2 is 1.46 bits per heavy atom. The van der Waals surface area contributed by atoms with Crippen LogP contribution in [0, 0.1) is 0 Å². The van der Waals surface area contributed by atoms with Crippen LogP contribution in [0.2, 0.25) is 0 Å². The van der Waals surface area contributed by atoms with Gasteiger partial charge in [0.15, 0.2) is 23.0 Å². The number of hydrogen-bond acceptors (Lipinski definition) is 5. The Kier molecular flexibility index (Phi) is 6.29. The van der Waals surface area contributed by atoms with Gasteiger partial charge in [0.05, 0.1) is 28.4 Å². The summed E-state index contributed by atoms with van der Waals surface area (Å²) < 4.78 is 21.4. The molecular formula is C22H27NO5. The molecule has 0 spiro atoms. The maximum absolute atomic E-state index is 12.8. The molecule has 28 heavy (non-hydrogen) atoms. The molecule has 1 heterocycles.